The Labute approximate surface area is 187 Å². The number of nitrogen functional groups attached to an aromatic ring is 1. The smallest absolute Gasteiger partial charge is 0.165 e. The molecule has 4 heterocycles. The first-order chi connectivity index (χ1) is 14.7. The van der Waals surface area contributed by atoms with Crippen LogP contribution in [0.3, 0.4) is 0 Å². The van der Waals surface area contributed by atoms with Gasteiger partial charge in [-0.05, 0) is 41.5 Å². The van der Waals surface area contributed by atoms with E-state index in [1.807, 2.05) is 48.7 Å². The summed E-state index contributed by atoms with van der Waals surface area (Å²) in [5.41, 5.74) is 10.4. The fourth-order valence-corrected chi connectivity index (χ4v) is 4.04. The second-order valence-corrected chi connectivity index (χ2v) is 7.94. The fraction of sp³-hybridized carbons (Fsp3) is 0.182. The molecule has 0 spiro atoms. The molecule has 0 amide bonds. The lowest BCUT2D eigenvalue weighted by molar-refractivity contribution is 0.122. The standard InChI is InChI=1S/C22H19BrN6O.H2O/c23-16-3-1-2-14(10-16)17-11-18(28-22-20(17)21(24)26-13-27-22)15-4-5-19(25-12-15)29-6-8-30-9-7-29;/h1-5,10-13H,6-9H2,(H2,24,26,27,28);1H2. The van der Waals surface area contributed by atoms with Gasteiger partial charge >= 0.3 is 0 Å². The van der Waals surface area contributed by atoms with Crippen molar-refractivity contribution in [1.29, 1.82) is 0 Å². The van der Waals surface area contributed by atoms with Gasteiger partial charge < -0.3 is 20.8 Å². The molecule has 0 bridgehead atoms. The van der Waals surface area contributed by atoms with Crippen LogP contribution < -0.4 is 10.6 Å². The van der Waals surface area contributed by atoms with Crippen molar-refractivity contribution in [2.45, 2.75) is 0 Å². The first-order valence-electron chi connectivity index (χ1n) is 9.65. The first-order valence-corrected chi connectivity index (χ1v) is 10.4. The molecule has 1 aliphatic heterocycles. The zero-order valence-corrected chi connectivity index (χ0v) is 18.2. The lowest BCUT2D eigenvalue weighted by Crippen LogP contribution is -2.36. The number of anilines is 2. The second-order valence-electron chi connectivity index (χ2n) is 7.03. The van der Waals surface area contributed by atoms with E-state index in [9.17, 15) is 0 Å². The van der Waals surface area contributed by atoms with Crippen LogP contribution in [0.5, 0.6) is 0 Å². The number of benzene rings is 1. The Bertz CT molecular complexity index is 1210. The molecule has 8 nitrogen and oxygen atoms in total. The maximum atomic E-state index is 6.19. The molecule has 3 aromatic heterocycles. The second kappa shape index (κ2) is 8.93. The van der Waals surface area contributed by atoms with Crippen LogP contribution in [0.25, 0.3) is 33.4 Å². The van der Waals surface area contributed by atoms with Crippen molar-refractivity contribution in [3.63, 3.8) is 0 Å². The minimum atomic E-state index is 0. The molecule has 1 aliphatic rings. The molecule has 1 aromatic carbocycles. The Morgan fingerprint density at radius 1 is 0.968 bits per heavy atom. The molecule has 0 aliphatic carbocycles. The largest absolute Gasteiger partial charge is 0.412 e. The van der Waals surface area contributed by atoms with Gasteiger partial charge in [-0.15, -0.1) is 0 Å². The number of pyridine rings is 2. The molecule has 4 N–H and O–H groups in total. The molecule has 0 radical (unpaired) electrons. The van der Waals surface area contributed by atoms with Gasteiger partial charge in [-0.3, -0.25) is 0 Å². The third kappa shape index (κ3) is 4.20. The molecule has 9 heteroatoms. The summed E-state index contributed by atoms with van der Waals surface area (Å²) < 4.78 is 6.41. The number of nitrogens with two attached hydrogens (primary N) is 1. The molecular formula is C22H21BrN6O2. The van der Waals surface area contributed by atoms with E-state index >= 15 is 0 Å². The average Bonchev–Trinajstić information content (AvgIpc) is 2.79. The van der Waals surface area contributed by atoms with Gasteiger partial charge in [-0.2, -0.15) is 0 Å². The molecule has 158 valence electrons. The van der Waals surface area contributed by atoms with Crippen LogP contribution in [0.15, 0.2) is 59.5 Å². The van der Waals surface area contributed by atoms with Crippen molar-refractivity contribution in [3.8, 4) is 22.4 Å². The van der Waals surface area contributed by atoms with Gasteiger partial charge in [0.15, 0.2) is 5.65 Å². The maximum absolute atomic E-state index is 6.19. The number of hydrogen-bond acceptors (Lipinski definition) is 7. The summed E-state index contributed by atoms with van der Waals surface area (Å²) in [7, 11) is 0. The summed E-state index contributed by atoms with van der Waals surface area (Å²) in [5.74, 6) is 1.36. The monoisotopic (exact) mass is 480 g/mol. The number of fused-ring (bicyclic) bond motifs is 1. The van der Waals surface area contributed by atoms with E-state index in [1.54, 1.807) is 0 Å². The number of hydrogen-bond donors (Lipinski definition) is 1. The Morgan fingerprint density at radius 2 is 1.81 bits per heavy atom. The topological polar surface area (TPSA) is 122 Å². The number of rotatable bonds is 3. The summed E-state index contributed by atoms with van der Waals surface area (Å²) in [4.78, 5) is 20.2. The van der Waals surface area contributed by atoms with Gasteiger partial charge in [-0.1, -0.05) is 28.1 Å². The van der Waals surface area contributed by atoms with Crippen LogP contribution in [0, 0.1) is 0 Å². The number of nitrogens with zero attached hydrogens (tertiary/aromatic N) is 5. The van der Waals surface area contributed by atoms with Gasteiger partial charge in [-0.25, -0.2) is 19.9 Å². The van der Waals surface area contributed by atoms with Gasteiger partial charge in [0.05, 0.1) is 24.3 Å². The first kappa shape index (κ1) is 21.1. The highest BCUT2D eigenvalue weighted by Gasteiger charge is 2.16. The third-order valence-corrected chi connectivity index (χ3v) is 5.64. The summed E-state index contributed by atoms with van der Waals surface area (Å²) in [5, 5.41) is 0.747. The Balaban J connectivity index is 0.00000231. The quantitative estimate of drug-likeness (QED) is 0.477. The highest BCUT2D eigenvalue weighted by molar-refractivity contribution is 9.10. The molecule has 0 saturated carbocycles. The Morgan fingerprint density at radius 3 is 2.55 bits per heavy atom. The van der Waals surface area contributed by atoms with Crippen molar-refractivity contribution >= 4 is 38.6 Å². The molecule has 1 saturated heterocycles. The number of halogens is 1. The van der Waals surface area contributed by atoms with Crippen molar-refractivity contribution in [1.82, 2.24) is 19.9 Å². The van der Waals surface area contributed by atoms with Crippen molar-refractivity contribution in [3.05, 3.63) is 59.5 Å². The van der Waals surface area contributed by atoms with Gasteiger partial charge in [0, 0.05) is 29.3 Å². The zero-order valence-electron chi connectivity index (χ0n) is 16.6. The summed E-state index contributed by atoms with van der Waals surface area (Å²) >= 11 is 3.55. The highest BCUT2D eigenvalue weighted by Crippen LogP contribution is 2.34. The molecule has 1 fully saturated rings. The SMILES string of the molecule is Nc1ncnc2nc(-c3ccc(N4CCOCC4)nc3)cc(-c3cccc(Br)c3)c12.O. The normalized spacial score (nSPS) is 13.8. The number of ether oxygens (including phenoxy) is 1. The molecule has 31 heavy (non-hydrogen) atoms. The molecule has 0 atom stereocenters. The minimum absolute atomic E-state index is 0. The van der Waals surface area contributed by atoms with E-state index in [2.05, 4.69) is 35.8 Å². The fourth-order valence-electron chi connectivity index (χ4n) is 3.64. The maximum Gasteiger partial charge on any atom is 0.165 e. The van der Waals surface area contributed by atoms with Crippen LogP contribution >= 0.6 is 15.9 Å². The lowest BCUT2D eigenvalue weighted by Gasteiger charge is -2.27. The van der Waals surface area contributed by atoms with Crippen molar-refractivity contribution in [2.24, 2.45) is 0 Å². The van der Waals surface area contributed by atoms with E-state index in [1.165, 1.54) is 6.33 Å². The van der Waals surface area contributed by atoms with Gasteiger partial charge in [0.2, 0.25) is 0 Å². The van der Waals surface area contributed by atoms with Gasteiger partial charge in [0.25, 0.3) is 0 Å². The Kier molecular flexibility index (Phi) is 6.08. The highest BCUT2D eigenvalue weighted by atomic mass is 79.9. The van der Waals surface area contributed by atoms with E-state index in [0.29, 0.717) is 11.5 Å². The van der Waals surface area contributed by atoms with E-state index in [4.69, 9.17) is 15.5 Å². The van der Waals surface area contributed by atoms with Crippen molar-refractivity contribution in [2.75, 3.05) is 36.9 Å². The minimum Gasteiger partial charge on any atom is -0.412 e. The molecule has 4 aromatic rings. The van der Waals surface area contributed by atoms with Crippen LogP contribution in [-0.2, 0) is 4.74 Å². The average molecular weight is 481 g/mol. The number of morpholine rings is 1. The predicted molar refractivity (Wildman–Crippen MR) is 125 cm³/mol. The number of aromatic nitrogens is 4. The lowest BCUT2D eigenvalue weighted by atomic mass is 10.0. The molecular weight excluding hydrogens is 460 g/mol. The van der Waals surface area contributed by atoms with Crippen molar-refractivity contribution < 1.29 is 10.2 Å². The van der Waals surface area contributed by atoms with Crippen LogP contribution in [0.2, 0.25) is 0 Å². The molecule has 0 unspecified atom stereocenters. The summed E-state index contributed by atoms with van der Waals surface area (Å²) in [6.45, 7) is 3.16. The van der Waals surface area contributed by atoms with E-state index < -0.39 is 0 Å². The van der Waals surface area contributed by atoms with Crippen LogP contribution in [0.1, 0.15) is 0 Å². The Hall–Kier alpha value is -3.14. The van der Waals surface area contributed by atoms with E-state index in [0.717, 1.165) is 64.4 Å². The van der Waals surface area contributed by atoms with Gasteiger partial charge in [0.1, 0.15) is 18.0 Å². The zero-order chi connectivity index (χ0) is 20.5. The van der Waals surface area contributed by atoms with E-state index in [-0.39, 0.29) is 5.48 Å². The molecule has 5 rings (SSSR count). The van der Waals surface area contributed by atoms with Crippen LogP contribution in [-0.4, -0.2) is 51.7 Å². The third-order valence-electron chi connectivity index (χ3n) is 5.15. The van der Waals surface area contributed by atoms with Crippen LogP contribution in [0.4, 0.5) is 11.6 Å². The predicted octanol–water partition coefficient (Wildman–Crippen LogP) is 3.11. The summed E-state index contributed by atoms with van der Waals surface area (Å²) in [6.07, 6.45) is 3.30. The summed E-state index contributed by atoms with van der Waals surface area (Å²) in [6, 6.07) is 14.2.